The highest BCUT2D eigenvalue weighted by molar-refractivity contribution is 4.90. The first-order chi connectivity index (χ1) is 7.41. The van der Waals surface area contributed by atoms with Crippen LogP contribution in [-0.2, 0) is 0 Å². The van der Waals surface area contributed by atoms with E-state index in [1.165, 1.54) is 32.1 Å². The lowest BCUT2D eigenvalue weighted by molar-refractivity contribution is -0.945. The molecule has 0 aromatic carbocycles. The summed E-state index contributed by atoms with van der Waals surface area (Å²) in [5.41, 5.74) is 0.502. The molecule has 5 atom stereocenters. The van der Waals surface area contributed by atoms with Gasteiger partial charge in [-0.05, 0) is 38.0 Å². The van der Waals surface area contributed by atoms with Crippen LogP contribution in [0.4, 0.5) is 0 Å². The summed E-state index contributed by atoms with van der Waals surface area (Å²) < 4.78 is 0. The first kappa shape index (κ1) is 12.4. The number of piperidine rings is 1. The van der Waals surface area contributed by atoms with Gasteiger partial charge >= 0.3 is 0 Å². The third-order valence-electron chi connectivity index (χ3n) is 5.42. The van der Waals surface area contributed by atoms with Crippen LogP contribution in [0.1, 0.15) is 59.8 Å². The SMILES string of the molecule is C[C@H]1CC[C@H]2CCC[C@H](C(C)(C)C)[C@@H]2[NH+]1C. The summed E-state index contributed by atoms with van der Waals surface area (Å²) in [5, 5.41) is 0. The van der Waals surface area contributed by atoms with Gasteiger partial charge < -0.3 is 4.90 Å². The zero-order valence-corrected chi connectivity index (χ0v) is 11.8. The van der Waals surface area contributed by atoms with Crippen molar-refractivity contribution in [1.29, 1.82) is 0 Å². The molecule has 1 saturated carbocycles. The van der Waals surface area contributed by atoms with Crippen LogP contribution in [0.3, 0.4) is 0 Å². The van der Waals surface area contributed by atoms with E-state index in [-0.39, 0.29) is 0 Å². The molecular weight excluding hydrogens is 194 g/mol. The van der Waals surface area contributed by atoms with E-state index in [0.29, 0.717) is 5.41 Å². The van der Waals surface area contributed by atoms with Crippen LogP contribution < -0.4 is 4.90 Å². The number of nitrogens with one attached hydrogen (secondary N) is 1. The molecule has 0 aromatic rings. The Morgan fingerprint density at radius 2 is 1.69 bits per heavy atom. The fourth-order valence-corrected chi connectivity index (χ4v) is 4.29. The maximum Gasteiger partial charge on any atom is 0.0936 e. The quantitative estimate of drug-likeness (QED) is 0.645. The second-order valence-corrected chi connectivity index (χ2v) is 7.41. The summed E-state index contributed by atoms with van der Waals surface area (Å²) in [6.45, 7) is 9.80. The third kappa shape index (κ3) is 2.16. The van der Waals surface area contributed by atoms with Gasteiger partial charge in [0.25, 0.3) is 0 Å². The summed E-state index contributed by atoms with van der Waals surface area (Å²) in [5.74, 6) is 1.96. The van der Waals surface area contributed by atoms with Crippen LogP contribution in [-0.4, -0.2) is 19.1 Å². The average molecular weight is 224 g/mol. The van der Waals surface area contributed by atoms with Gasteiger partial charge in [-0.1, -0.05) is 27.2 Å². The van der Waals surface area contributed by atoms with E-state index >= 15 is 0 Å². The van der Waals surface area contributed by atoms with Gasteiger partial charge in [0.1, 0.15) is 0 Å². The number of quaternary nitrogens is 1. The van der Waals surface area contributed by atoms with Crippen molar-refractivity contribution in [3.63, 3.8) is 0 Å². The Morgan fingerprint density at radius 1 is 1.00 bits per heavy atom. The van der Waals surface area contributed by atoms with Gasteiger partial charge in [-0.25, -0.2) is 0 Å². The summed E-state index contributed by atoms with van der Waals surface area (Å²) in [7, 11) is 2.45. The van der Waals surface area contributed by atoms with Crippen LogP contribution in [0.5, 0.6) is 0 Å². The van der Waals surface area contributed by atoms with E-state index in [2.05, 4.69) is 34.7 Å². The Labute approximate surface area is 102 Å². The summed E-state index contributed by atoms with van der Waals surface area (Å²) >= 11 is 0. The molecule has 0 spiro atoms. The maximum atomic E-state index is 2.45. The number of hydrogen-bond donors (Lipinski definition) is 1. The van der Waals surface area contributed by atoms with Gasteiger partial charge in [-0.15, -0.1) is 0 Å². The molecule has 0 amide bonds. The molecular formula is C15H30N+. The number of fused-ring (bicyclic) bond motifs is 1. The van der Waals surface area contributed by atoms with Crippen molar-refractivity contribution >= 4 is 0 Å². The van der Waals surface area contributed by atoms with Crippen LogP contribution in [0, 0.1) is 17.3 Å². The summed E-state index contributed by atoms with van der Waals surface area (Å²) in [6.07, 6.45) is 7.39. The standard InChI is InChI=1S/C15H29N/c1-11-9-10-12-7-6-8-13(15(2,3)4)14(12)16(11)5/h11-14H,6-10H2,1-5H3/p+1/t11-,12+,13-,14+/m0/s1. The zero-order valence-electron chi connectivity index (χ0n) is 11.8. The van der Waals surface area contributed by atoms with Crippen LogP contribution in [0.25, 0.3) is 0 Å². The topological polar surface area (TPSA) is 4.44 Å². The predicted molar refractivity (Wildman–Crippen MR) is 69.7 cm³/mol. The Balaban J connectivity index is 2.20. The van der Waals surface area contributed by atoms with Gasteiger partial charge in [0.15, 0.2) is 0 Å². The van der Waals surface area contributed by atoms with E-state index < -0.39 is 0 Å². The van der Waals surface area contributed by atoms with Crippen molar-refractivity contribution in [3.8, 4) is 0 Å². The lowest BCUT2D eigenvalue weighted by atomic mass is 9.63. The normalized spacial score (nSPS) is 45.2. The van der Waals surface area contributed by atoms with E-state index in [1.54, 1.807) is 0 Å². The Morgan fingerprint density at radius 3 is 2.31 bits per heavy atom. The largest absolute Gasteiger partial charge is 0.332 e. The molecule has 0 bridgehead atoms. The number of hydrogen-bond acceptors (Lipinski definition) is 0. The molecule has 1 heteroatoms. The minimum atomic E-state index is 0.502. The smallest absolute Gasteiger partial charge is 0.0936 e. The molecule has 0 aromatic heterocycles. The van der Waals surface area contributed by atoms with Crippen molar-refractivity contribution in [2.75, 3.05) is 7.05 Å². The molecule has 2 fully saturated rings. The molecule has 1 unspecified atom stereocenters. The van der Waals surface area contributed by atoms with E-state index in [4.69, 9.17) is 0 Å². The minimum Gasteiger partial charge on any atom is -0.332 e. The Kier molecular flexibility index (Phi) is 3.36. The summed E-state index contributed by atoms with van der Waals surface area (Å²) in [4.78, 5) is 1.83. The molecule has 1 N–H and O–H groups in total. The second-order valence-electron chi connectivity index (χ2n) is 7.41. The third-order valence-corrected chi connectivity index (χ3v) is 5.42. The number of rotatable bonds is 0. The van der Waals surface area contributed by atoms with E-state index in [1.807, 2.05) is 4.90 Å². The first-order valence-electron chi connectivity index (χ1n) is 7.24. The average Bonchev–Trinajstić information content (AvgIpc) is 2.21. The van der Waals surface area contributed by atoms with Crippen molar-refractivity contribution in [2.24, 2.45) is 17.3 Å². The fourth-order valence-electron chi connectivity index (χ4n) is 4.29. The van der Waals surface area contributed by atoms with Gasteiger partial charge in [-0.3, -0.25) is 0 Å². The zero-order chi connectivity index (χ0) is 11.9. The van der Waals surface area contributed by atoms with Crippen LogP contribution >= 0.6 is 0 Å². The molecule has 16 heavy (non-hydrogen) atoms. The van der Waals surface area contributed by atoms with Gasteiger partial charge in [0.05, 0.1) is 19.1 Å². The molecule has 1 saturated heterocycles. The highest BCUT2D eigenvalue weighted by atomic mass is 15.2. The Bertz CT molecular complexity index is 238. The molecule has 1 heterocycles. The first-order valence-corrected chi connectivity index (χ1v) is 7.24. The predicted octanol–water partition coefficient (Wildman–Crippen LogP) is 2.51. The Hall–Kier alpha value is -0.0400. The van der Waals surface area contributed by atoms with Crippen molar-refractivity contribution in [1.82, 2.24) is 0 Å². The van der Waals surface area contributed by atoms with Crippen molar-refractivity contribution in [3.05, 3.63) is 0 Å². The maximum absolute atomic E-state index is 2.45. The monoisotopic (exact) mass is 224 g/mol. The minimum absolute atomic E-state index is 0.502. The molecule has 1 nitrogen and oxygen atoms in total. The highest BCUT2D eigenvalue weighted by Crippen LogP contribution is 2.42. The van der Waals surface area contributed by atoms with Crippen molar-refractivity contribution in [2.45, 2.75) is 71.9 Å². The fraction of sp³-hybridized carbons (Fsp3) is 1.00. The number of likely N-dealkylation sites (tertiary alicyclic amines) is 1. The van der Waals surface area contributed by atoms with Crippen LogP contribution in [0.15, 0.2) is 0 Å². The van der Waals surface area contributed by atoms with E-state index in [0.717, 1.165) is 23.9 Å². The van der Waals surface area contributed by atoms with Crippen LogP contribution in [0.2, 0.25) is 0 Å². The summed E-state index contributed by atoms with van der Waals surface area (Å²) in [6, 6.07) is 1.82. The lowest BCUT2D eigenvalue weighted by Gasteiger charge is -2.50. The molecule has 94 valence electrons. The molecule has 2 rings (SSSR count). The lowest BCUT2D eigenvalue weighted by Crippen LogP contribution is -3.19. The van der Waals surface area contributed by atoms with Gasteiger partial charge in [0.2, 0.25) is 0 Å². The van der Waals surface area contributed by atoms with Crippen molar-refractivity contribution < 1.29 is 4.90 Å². The van der Waals surface area contributed by atoms with E-state index in [9.17, 15) is 0 Å². The molecule has 2 aliphatic rings. The van der Waals surface area contributed by atoms with Gasteiger partial charge in [-0.2, -0.15) is 0 Å². The molecule has 1 aliphatic heterocycles. The molecule has 0 radical (unpaired) electrons. The second kappa shape index (κ2) is 4.33. The highest BCUT2D eigenvalue weighted by Gasteiger charge is 2.47. The van der Waals surface area contributed by atoms with Gasteiger partial charge in [0, 0.05) is 11.8 Å². The molecule has 1 aliphatic carbocycles.